The Labute approximate surface area is 138 Å². The molecule has 0 N–H and O–H groups in total. The Hall–Kier alpha value is -1.32. The molecule has 122 valence electrons. The van der Waals surface area contributed by atoms with E-state index in [0.717, 1.165) is 31.5 Å². The molecule has 1 aromatic carbocycles. The van der Waals surface area contributed by atoms with Gasteiger partial charge in [0.2, 0.25) is 0 Å². The minimum absolute atomic E-state index is 0.288. The molecule has 0 saturated carbocycles. The third kappa shape index (κ3) is 7.62. The molecule has 3 nitrogen and oxygen atoms in total. The molecule has 0 bridgehead atoms. The monoisotopic (exact) mass is 324 g/mol. The van der Waals surface area contributed by atoms with E-state index >= 15 is 0 Å². The predicted molar refractivity (Wildman–Crippen MR) is 90.6 cm³/mol. The van der Waals surface area contributed by atoms with Crippen molar-refractivity contribution in [2.24, 2.45) is 5.92 Å². The van der Waals surface area contributed by atoms with Crippen molar-refractivity contribution in [3.8, 4) is 5.75 Å². The van der Waals surface area contributed by atoms with Crippen molar-refractivity contribution in [3.63, 3.8) is 0 Å². The van der Waals surface area contributed by atoms with Gasteiger partial charge in [0, 0.05) is 18.1 Å². The van der Waals surface area contributed by atoms with E-state index in [1.807, 2.05) is 31.2 Å². The zero-order valence-corrected chi connectivity index (χ0v) is 14.1. The molecule has 0 amide bonds. The largest absolute Gasteiger partial charge is 0.493 e. The minimum atomic E-state index is 0.288. The highest BCUT2D eigenvalue weighted by molar-refractivity contribution is 6.30. The summed E-state index contributed by atoms with van der Waals surface area (Å²) >= 11 is 5.88. The van der Waals surface area contributed by atoms with E-state index in [0.29, 0.717) is 24.0 Å². The van der Waals surface area contributed by atoms with Crippen LogP contribution in [-0.4, -0.2) is 25.6 Å². The molecule has 1 aromatic rings. The molecule has 0 spiro atoms. The number of carbonyl (C=O) groups excluding carboxylic acids is 1. The predicted octanol–water partition coefficient (Wildman–Crippen LogP) is 4.69. The molecular formula is C18H25ClO3. The van der Waals surface area contributed by atoms with E-state index < -0.39 is 0 Å². The van der Waals surface area contributed by atoms with E-state index in [2.05, 4.69) is 19.1 Å². The fraction of sp³-hybridized carbons (Fsp3) is 0.500. The van der Waals surface area contributed by atoms with Crippen LogP contribution in [0.25, 0.3) is 0 Å². The summed E-state index contributed by atoms with van der Waals surface area (Å²) in [7, 11) is 0. The fourth-order valence-electron chi connectivity index (χ4n) is 2.00. The SMILES string of the molecule is CC1CCOC1/C=C/CCOc1cccc(Cl)c1.CCC=O. The van der Waals surface area contributed by atoms with Gasteiger partial charge < -0.3 is 14.3 Å². The van der Waals surface area contributed by atoms with Gasteiger partial charge >= 0.3 is 0 Å². The van der Waals surface area contributed by atoms with Gasteiger partial charge in [-0.2, -0.15) is 0 Å². The fourth-order valence-corrected chi connectivity index (χ4v) is 2.18. The lowest BCUT2D eigenvalue weighted by Crippen LogP contribution is -2.09. The number of carbonyl (C=O) groups is 1. The first-order chi connectivity index (χ1) is 10.7. The summed E-state index contributed by atoms with van der Waals surface area (Å²) in [6, 6.07) is 7.47. The molecule has 2 rings (SSSR count). The summed E-state index contributed by atoms with van der Waals surface area (Å²) in [5.41, 5.74) is 0. The Balaban J connectivity index is 0.000000541. The van der Waals surface area contributed by atoms with Crippen molar-refractivity contribution in [2.45, 2.75) is 39.2 Å². The summed E-state index contributed by atoms with van der Waals surface area (Å²) in [6.45, 7) is 5.59. The van der Waals surface area contributed by atoms with Gasteiger partial charge in [-0.05, 0) is 37.0 Å². The lowest BCUT2D eigenvalue weighted by molar-refractivity contribution is -0.107. The third-order valence-electron chi connectivity index (χ3n) is 3.29. The van der Waals surface area contributed by atoms with Gasteiger partial charge in [0.15, 0.2) is 0 Å². The van der Waals surface area contributed by atoms with Gasteiger partial charge in [-0.15, -0.1) is 0 Å². The van der Waals surface area contributed by atoms with Crippen LogP contribution in [0.4, 0.5) is 0 Å². The van der Waals surface area contributed by atoms with Crippen LogP contribution >= 0.6 is 11.6 Å². The van der Waals surface area contributed by atoms with E-state index in [1.54, 1.807) is 0 Å². The lowest BCUT2D eigenvalue weighted by Gasteiger charge is -2.08. The second kappa shape index (κ2) is 11.3. The van der Waals surface area contributed by atoms with Crippen LogP contribution in [0.15, 0.2) is 36.4 Å². The molecule has 1 aliphatic heterocycles. The zero-order chi connectivity index (χ0) is 16.2. The quantitative estimate of drug-likeness (QED) is 0.433. The van der Waals surface area contributed by atoms with Crippen molar-refractivity contribution >= 4 is 17.9 Å². The first-order valence-electron chi connectivity index (χ1n) is 7.77. The Bertz CT molecular complexity index is 459. The first-order valence-corrected chi connectivity index (χ1v) is 8.15. The first kappa shape index (κ1) is 18.7. The Morgan fingerprint density at radius 1 is 1.45 bits per heavy atom. The molecule has 1 saturated heterocycles. The smallest absolute Gasteiger partial charge is 0.120 e. The molecule has 4 heteroatoms. The summed E-state index contributed by atoms with van der Waals surface area (Å²) in [5.74, 6) is 1.46. The Morgan fingerprint density at radius 3 is 2.82 bits per heavy atom. The van der Waals surface area contributed by atoms with E-state index in [1.165, 1.54) is 0 Å². The highest BCUT2D eigenvalue weighted by atomic mass is 35.5. The average Bonchev–Trinajstić information content (AvgIpc) is 2.93. The zero-order valence-electron chi connectivity index (χ0n) is 13.3. The molecule has 1 fully saturated rings. The summed E-state index contributed by atoms with van der Waals surface area (Å²) < 4.78 is 11.2. The van der Waals surface area contributed by atoms with Gasteiger partial charge in [-0.3, -0.25) is 0 Å². The number of ether oxygens (including phenoxy) is 2. The Kier molecular flexibility index (Phi) is 9.60. The number of benzene rings is 1. The van der Waals surface area contributed by atoms with Gasteiger partial charge in [0.1, 0.15) is 12.0 Å². The summed E-state index contributed by atoms with van der Waals surface area (Å²) in [4.78, 5) is 9.17. The normalized spacial score (nSPS) is 20.5. The van der Waals surface area contributed by atoms with Crippen LogP contribution in [0, 0.1) is 5.92 Å². The van der Waals surface area contributed by atoms with Crippen LogP contribution in [0.3, 0.4) is 0 Å². The maximum Gasteiger partial charge on any atom is 0.120 e. The molecule has 22 heavy (non-hydrogen) atoms. The molecule has 0 radical (unpaired) electrons. The van der Waals surface area contributed by atoms with Gasteiger partial charge in [-0.1, -0.05) is 43.7 Å². The van der Waals surface area contributed by atoms with Crippen LogP contribution in [0.1, 0.15) is 33.1 Å². The molecule has 2 unspecified atom stereocenters. The molecule has 0 aliphatic carbocycles. The number of hydrogen-bond acceptors (Lipinski definition) is 3. The molecular weight excluding hydrogens is 300 g/mol. The van der Waals surface area contributed by atoms with E-state index in [4.69, 9.17) is 21.1 Å². The van der Waals surface area contributed by atoms with Crippen molar-refractivity contribution < 1.29 is 14.3 Å². The highest BCUT2D eigenvalue weighted by Crippen LogP contribution is 2.21. The van der Waals surface area contributed by atoms with E-state index in [9.17, 15) is 4.79 Å². The third-order valence-corrected chi connectivity index (χ3v) is 3.52. The van der Waals surface area contributed by atoms with Gasteiger partial charge in [0.05, 0.1) is 12.7 Å². The topological polar surface area (TPSA) is 35.5 Å². The van der Waals surface area contributed by atoms with Crippen molar-refractivity contribution in [1.29, 1.82) is 0 Å². The van der Waals surface area contributed by atoms with Crippen LogP contribution in [0.2, 0.25) is 5.02 Å². The maximum absolute atomic E-state index is 9.17. The number of aldehydes is 1. The van der Waals surface area contributed by atoms with Crippen molar-refractivity contribution in [1.82, 2.24) is 0 Å². The summed E-state index contributed by atoms with van der Waals surface area (Å²) in [5, 5.41) is 0.705. The number of rotatable bonds is 6. The Morgan fingerprint density at radius 2 is 2.23 bits per heavy atom. The van der Waals surface area contributed by atoms with Gasteiger partial charge in [-0.25, -0.2) is 0 Å². The second-order valence-electron chi connectivity index (χ2n) is 5.20. The molecule has 0 aromatic heterocycles. The summed E-state index contributed by atoms with van der Waals surface area (Å²) in [6.07, 6.45) is 8.14. The number of halogens is 1. The number of hydrogen-bond donors (Lipinski definition) is 0. The van der Waals surface area contributed by atoms with Crippen LogP contribution in [0.5, 0.6) is 5.75 Å². The van der Waals surface area contributed by atoms with Crippen LogP contribution < -0.4 is 4.74 Å². The minimum Gasteiger partial charge on any atom is -0.493 e. The van der Waals surface area contributed by atoms with Crippen LogP contribution in [-0.2, 0) is 9.53 Å². The van der Waals surface area contributed by atoms with Crippen molar-refractivity contribution in [3.05, 3.63) is 41.4 Å². The van der Waals surface area contributed by atoms with Crippen molar-refractivity contribution in [2.75, 3.05) is 13.2 Å². The molecule has 1 heterocycles. The second-order valence-corrected chi connectivity index (χ2v) is 5.64. The van der Waals surface area contributed by atoms with Gasteiger partial charge in [0.25, 0.3) is 0 Å². The molecule has 1 aliphatic rings. The maximum atomic E-state index is 9.17. The highest BCUT2D eigenvalue weighted by Gasteiger charge is 2.20. The van der Waals surface area contributed by atoms with E-state index in [-0.39, 0.29) is 6.10 Å². The average molecular weight is 325 g/mol. The lowest BCUT2D eigenvalue weighted by atomic mass is 10.0. The molecule has 2 atom stereocenters. The standard InChI is InChI=1S/C15H19ClO2.C3H6O/c1-12-8-10-18-15(12)7-2-3-9-17-14-6-4-5-13(16)11-14;1-2-3-4/h2,4-7,11-12,15H,3,8-10H2,1H3;3H,2H2,1H3/b7-2+;.